The summed E-state index contributed by atoms with van der Waals surface area (Å²) >= 11 is 0. The third-order valence-corrected chi connectivity index (χ3v) is 3.11. The Balaban J connectivity index is 1.64. The number of hydrogen-bond donors (Lipinski definition) is 1. The highest BCUT2D eigenvalue weighted by molar-refractivity contribution is 6.01. The largest absolute Gasteiger partial charge is 0.454 e. The van der Waals surface area contributed by atoms with E-state index in [2.05, 4.69) is 5.32 Å². The second-order valence-corrected chi connectivity index (χ2v) is 4.62. The minimum absolute atomic E-state index is 0.224. The van der Waals surface area contributed by atoms with Gasteiger partial charge in [-0.1, -0.05) is 6.07 Å². The van der Waals surface area contributed by atoms with Gasteiger partial charge in [-0.25, -0.2) is 0 Å². The molecule has 22 heavy (non-hydrogen) atoms. The van der Waals surface area contributed by atoms with E-state index in [4.69, 9.17) is 14.7 Å². The van der Waals surface area contributed by atoms with Crippen LogP contribution in [-0.4, -0.2) is 12.7 Å². The van der Waals surface area contributed by atoms with Crippen LogP contribution in [0, 0.1) is 11.3 Å². The predicted octanol–water partition coefficient (Wildman–Crippen LogP) is 2.94. The van der Waals surface area contributed by atoms with E-state index in [9.17, 15) is 4.79 Å². The molecule has 108 valence electrons. The van der Waals surface area contributed by atoms with Gasteiger partial charge in [0.05, 0.1) is 11.6 Å². The van der Waals surface area contributed by atoms with Crippen molar-refractivity contribution >= 4 is 17.7 Å². The van der Waals surface area contributed by atoms with Gasteiger partial charge >= 0.3 is 0 Å². The quantitative estimate of drug-likeness (QED) is 0.883. The minimum atomic E-state index is -0.248. The normalized spacial score (nSPS) is 12.1. The third kappa shape index (κ3) is 3.07. The molecule has 0 unspecified atom stereocenters. The van der Waals surface area contributed by atoms with Crippen LogP contribution in [-0.2, 0) is 4.79 Å². The number of carbonyl (C=O) groups excluding carboxylic acids is 1. The fourth-order valence-electron chi connectivity index (χ4n) is 2.00. The Kier molecular flexibility index (Phi) is 3.75. The number of carbonyl (C=O) groups is 1. The summed E-state index contributed by atoms with van der Waals surface area (Å²) in [5, 5.41) is 11.4. The van der Waals surface area contributed by atoms with Gasteiger partial charge in [-0.05, 0) is 48.0 Å². The van der Waals surface area contributed by atoms with Crippen molar-refractivity contribution in [2.45, 2.75) is 0 Å². The number of fused-ring (bicyclic) bond motifs is 1. The lowest BCUT2D eigenvalue weighted by molar-refractivity contribution is -0.111. The van der Waals surface area contributed by atoms with Crippen LogP contribution >= 0.6 is 0 Å². The van der Waals surface area contributed by atoms with Crippen LogP contribution in [0.2, 0.25) is 0 Å². The predicted molar refractivity (Wildman–Crippen MR) is 81.4 cm³/mol. The molecule has 0 spiro atoms. The van der Waals surface area contributed by atoms with Crippen LogP contribution in [0.1, 0.15) is 11.1 Å². The van der Waals surface area contributed by atoms with E-state index in [1.54, 1.807) is 36.4 Å². The first kappa shape index (κ1) is 13.7. The molecule has 0 saturated heterocycles. The fourth-order valence-corrected chi connectivity index (χ4v) is 2.00. The van der Waals surface area contributed by atoms with Crippen LogP contribution < -0.4 is 14.8 Å². The Labute approximate surface area is 127 Å². The first-order chi connectivity index (χ1) is 10.7. The molecule has 1 aliphatic heterocycles. The average Bonchev–Trinajstić information content (AvgIpc) is 3.01. The SMILES string of the molecule is N#Cc1ccc(NC(=O)C=Cc2ccc3c(c2)OCO3)cc1. The van der Waals surface area contributed by atoms with E-state index < -0.39 is 0 Å². The van der Waals surface area contributed by atoms with Gasteiger partial charge in [-0.2, -0.15) is 5.26 Å². The molecule has 1 N–H and O–H groups in total. The maximum absolute atomic E-state index is 11.9. The van der Waals surface area contributed by atoms with Gasteiger partial charge in [0.1, 0.15) is 0 Å². The number of ether oxygens (including phenoxy) is 2. The maximum atomic E-state index is 11.9. The van der Waals surface area contributed by atoms with E-state index in [0.717, 1.165) is 5.56 Å². The van der Waals surface area contributed by atoms with Crippen LogP contribution in [0.5, 0.6) is 11.5 Å². The van der Waals surface area contributed by atoms with Crippen LogP contribution in [0.15, 0.2) is 48.5 Å². The second-order valence-electron chi connectivity index (χ2n) is 4.62. The number of anilines is 1. The van der Waals surface area contributed by atoms with Gasteiger partial charge in [-0.3, -0.25) is 4.79 Å². The van der Waals surface area contributed by atoms with Gasteiger partial charge in [0, 0.05) is 11.8 Å². The van der Waals surface area contributed by atoms with Crippen molar-refractivity contribution in [2.75, 3.05) is 12.1 Å². The lowest BCUT2D eigenvalue weighted by Crippen LogP contribution is -2.07. The first-order valence-electron chi connectivity index (χ1n) is 6.63. The number of hydrogen-bond acceptors (Lipinski definition) is 4. The molecule has 2 aromatic rings. The standard InChI is InChI=1S/C17H12N2O3/c18-10-13-1-5-14(6-2-13)19-17(20)8-4-12-3-7-15-16(9-12)22-11-21-15/h1-9H,11H2,(H,19,20). The molecule has 1 heterocycles. The van der Waals surface area contributed by atoms with Gasteiger partial charge in [0.2, 0.25) is 12.7 Å². The molecule has 0 fully saturated rings. The van der Waals surface area contributed by atoms with Crippen molar-refractivity contribution in [1.29, 1.82) is 5.26 Å². The van der Waals surface area contributed by atoms with Crippen molar-refractivity contribution in [1.82, 2.24) is 0 Å². The highest BCUT2D eigenvalue weighted by Crippen LogP contribution is 2.32. The summed E-state index contributed by atoms with van der Waals surface area (Å²) in [7, 11) is 0. The number of rotatable bonds is 3. The number of amides is 1. The van der Waals surface area contributed by atoms with Crippen molar-refractivity contribution in [3.63, 3.8) is 0 Å². The van der Waals surface area contributed by atoms with Crippen molar-refractivity contribution in [2.24, 2.45) is 0 Å². The summed E-state index contributed by atoms with van der Waals surface area (Å²) < 4.78 is 10.5. The molecule has 2 aromatic carbocycles. The van der Waals surface area contributed by atoms with E-state index in [-0.39, 0.29) is 12.7 Å². The molecule has 3 rings (SSSR count). The smallest absolute Gasteiger partial charge is 0.248 e. The van der Waals surface area contributed by atoms with Crippen LogP contribution in [0.25, 0.3) is 6.08 Å². The molecule has 0 radical (unpaired) electrons. The number of nitrogens with zero attached hydrogens (tertiary/aromatic N) is 1. The molecule has 5 nitrogen and oxygen atoms in total. The summed E-state index contributed by atoms with van der Waals surface area (Å²) in [5.41, 5.74) is 2.03. The first-order valence-corrected chi connectivity index (χ1v) is 6.63. The summed E-state index contributed by atoms with van der Waals surface area (Å²) in [5.74, 6) is 1.14. The summed E-state index contributed by atoms with van der Waals surface area (Å²) in [4.78, 5) is 11.9. The molecular weight excluding hydrogens is 280 g/mol. The third-order valence-electron chi connectivity index (χ3n) is 3.11. The Morgan fingerprint density at radius 1 is 1.14 bits per heavy atom. The van der Waals surface area contributed by atoms with Gasteiger partial charge in [0.15, 0.2) is 11.5 Å². The number of benzene rings is 2. The molecule has 5 heteroatoms. The number of nitriles is 1. The molecule has 0 aliphatic carbocycles. The Bertz CT molecular complexity index is 773. The number of nitrogens with one attached hydrogen (secondary N) is 1. The van der Waals surface area contributed by atoms with E-state index in [1.165, 1.54) is 6.08 Å². The summed E-state index contributed by atoms with van der Waals surface area (Å²) in [6.45, 7) is 0.224. The highest BCUT2D eigenvalue weighted by atomic mass is 16.7. The second kappa shape index (κ2) is 6.02. The van der Waals surface area contributed by atoms with Gasteiger partial charge in [-0.15, -0.1) is 0 Å². The summed E-state index contributed by atoms with van der Waals surface area (Å²) in [6, 6.07) is 14.2. The maximum Gasteiger partial charge on any atom is 0.248 e. The molecule has 0 saturated carbocycles. The van der Waals surface area contributed by atoms with Crippen LogP contribution in [0.3, 0.4) is 0 Å². The lowest BCUT2D eigenvalue weighted by Gasteiger charge is -2.02. The Morgan fingerprint density at radius 2 is 1.91 bits per heavy atom. The molecule has 0 bridgehead atoms. The van der Waals surface area contributed by atoms with Gasteiger partial charge in [0.25, 0.3) is 0 Å². The van der Waals surface area contributed by atoms with Crippen molar-refractivity contribution < 1.29 is 14.3 Å². The molecule has 1 amide bonds. The molecule has 0 atom stereocenters. The Morgan fingerprint density at radius 3 is 2.68 bits per heavy atom. The zero-order chi connectivity index (χ0) is 15.4. The van der Waals surface area contributed by atoms with Crippen molar-refractivity contribution in [3.05, 3.63) is 59.7 Å². The molecule has 0 aromatic heterocycles. The monoisotopic (exact) mass is 292 g/mol. The average molecular weight is 292 g/mol. The van der Waals surface area contributed by atoms with E-state index in [1.807, 2.05) is 18.2 Å². The van der Waals surface area contributed by atoms with E-state index in [0.29, 0.717) is 22.7 Å². The fraction of sp³-hybridized carbons (Fsp3) is 0.0588. The highest BCUT2D eigenvalue weighted by Gasteiger charge is 2.12. The minimum Gasteiger partial charge on any atom is -0.454 e. The zero-order valence-corrected chi connectivity index (χ0v) is 11.6. The van der Waals surface area contributed by atoms with Gasteiger partial charge < -0.3 is 14.8 Å². The lowest BCUT2D eigenvalue weighted by atomic mass is 10.2. The zero-order valence-electron chi connectivity index (χ0n) is 11.6. The summed E-state index contributed by atoms with van der Waals surface area (Å²) in [6.07, 6.45) is 3.14. The van der Waals surface area contributed by atoms with Crippen LogP contribution in [0.4, 0.5) is 5.69 Å². The van der Waals surface area contributed by atoms with E-state index >= 15 is 0 Å². The Hall–Kier alpha value is -3.26. The van der Waals surface area contributed by atoms with Crippen molar-refractivity contribution in [3.8, 4) is 17.6 Å². The molecule has 1 aliphatic rings. The topological polar surface area (TPSA) is 71.4 Å². The molecular formula is C17H12N2O3.